The van der Waals surface area contributed by atoms with Gasteiger partial charge in [0.25, 0.3) is 0 Å². The fourth-order valence-corrected chi connectivity index (χ4v) is 2.83. The van der Waals surface area contributed by atoms with Crippen molar-refractivity contribution in [2.75, 3.05) is 0 Å². The van der Waals surface area contributed by atoms with Crippen LogP contribution in [0.2, 0.25) is 0 Å². The van der Waals surface area contributed by atoms with Crippen LogP contribution < -0.4 is 0 Å². The Kier molecular flexibility index (Phi) is 2.94. The van der Waals surface area contributed by atoms with Crippen LogP contribution in [0.15, 0.2) is 83.9 Å². The summed E-state index contributed by atoms with van der Waals surface area (Å²) in [5.41, 5.74) is 4.97. The topological polar surface area (TPSA) is 29.4 Å². The SMILES string of the molecule is O=C1C(=Nc2ccccc2)c2ccccc2-c2ccccc21. The second-order valence-electron chi connectivity index (χ2n) is 5.22. The summed E-state index contributed by atoms with van der Waals surface area (Å²) >= 11 is 0. The van der Waals surface area contributed by atoms with Crippen molar-refractivity contribution in [3.63, 3.8) is 0 Å². The van der Waals surface area contributed by atoms with E-state index in [0.717, 1.165) is 27.9 Å². The van der Waals surface area contributed by atoms with E-state index in [1.165, 1.54) is 0 Å². The third kappa shape index (κ3) is 1.97. The summed E-state index contributed by atoms with van der Waals surface area (Å²) in [5, 5.41) is 0. The van der Waals surface area contributed by atoms with Gasteiger partial charge in [-0.05, 0) is 23.3 Å². The molecular weight excluding hydrogens is 270 g/mol. The number of hydrogen-bond donors (Lipinski definition) is 0. The van der Waals surface area contributed by atoms with Crippen molar-refractivity contribution in [2.45, 2.75) is 0 Å². The number of benzene rings is 3. The van der Waals surface area contributed by atoms with E-state index in [2.05, 4.69) is 4.99 Å². The van der Waals surface area contributed by atoms with E-state index in [4.69, 9.17) is 0 Å². The minimum Gasteiger partial charge on any atom is -0.287 e. The van der Waals surface area contributed by atoms with Gasteiger partial charge in [0.2, 0.25) is 5.78 Å². The number of fused-ring (bicyclic) bond motifs is 3. The summed E-state index contributed by atoms with van der Waals surface area (Å²) in [7, 11) is 0. The zero-order valence-corrected chi connectivity index (χ0v) is 11.9. The Bertz CT molecular complexity index is 894. The summed E-state index contributed by atoms with van der Waals surface area (Å²) < 4.78 is 0. The Hall–Kier alpha value is -3.00. The molecule has 0 saturated carbocycles. The van der Waals surface area contributed by atoms with E-state index in [1.807, 2.05) is 78.9 Å². The van der Waals surface area contributed by atoms with Crippen molar-refractivity contribution in [2.24, 2.45) is 4.99 Å². The average Bonchev–Trinajstić information content (AvgIpc) is 2.59. The van der Waals surface area contributed by atoms with Crippen molar-refractivity contribution >= 4 is 17.2 Å². The van der Waals surface area contributed by atoms with Gasteiger partial charge in [-0.15, -0.1) is 0 Å². The third-order valence-corrected chi connectivity index (χ3v) is 3.86. The molecule has 0 atom stereocenters. The van der Waals surface area contributed by atoms with Gasteiger partial charge in [-0.2, -0.15) is 0 Å². The minimum absolute atomic E-state index is 0.0156. The van der Waals surface area contributed by atoms with Gasteiger partial charge in [0.05, 0.1) is 5.69 Å². The normalized spacial score (nSPS) is 14.5. The molecule has 0 aromatic heterocycles. The van der Waals surface area contributed by atoms with Crippen LogP contribution in [-0.4, -0.2) is 11.5 Å². The van der Waals surface area contributed by atoms with E-state index in [1.54, 1.807) is 0 Å². The Morgan fingerprint density at radius 3 is 1.73 bits per heavy atom. The molecule has 3 aromatic rings. The molecule has 0 aliphatic heterocycles. The van der Waals surface area contributed by atoms with Crippen LogP contribution in [-0.2, 0) is 0 Å². The summed E-state index contributed by atoms with van der Waals surface area (Å²) in [6.45, 7) is 0. The first-order valence-electron chi connectivity index (χ1n) is 7.22. The van der Waals surface area contributed by atoms with Gasteiger partial charge in [0, 0.05) is 11.1 Å². The van der Waals surface area contributed by atoms with Crippen molar-refractivity contribution in [3.05, 3.63) is 90.0 Å². The zero-order valence-electron chi connectivity index (χ0n) is 11.9. The highest BCUT2D eigenvalue weighted by atomic mass is 16.1. The summed E-state index contributed by atoms with van der Waals surface area (Å²) in [4.78, 5) is 17.5. The lowest BCUT2D eigenvalue weighted by molar-refractivity contribution is 0.106. The zero-order chi connectivity index (χ0) is 14.9. The van der Waals surface area contributed by atoms with Gasteiger partial charge in [-0.25, -0.2) is 4.99 Å². The maximum absolute atomic E-state index is 12.9. The number of rotatable bonds is 1. The summed E-state index contributed by atoms with van der Waals surface area (Å²) in [6, 6.07) is 25.3. The number of para-hydroxylation sites is 1. The highest BCUT2D eigenvalue weighted by molar-refractivity contribution is 6.55. The highest BCUT2D eigenvalue weighted by Crippen LogP contribution is 2.34. The van der Waals surface area contributed by atoms with Crippen LogP contribution >= 0.6 is 0 Å². The van der Waals surface area contributed by atoms with Crippen molar-refractivity contribution < 1.29 is 4.79 Å². The number of ketones is 1. The fraction of sp³-hybridized carbons (Fsp3) is 0. The predicted molar refractivity (Wildman–Crippen MR) is 88.8 cm³/mol. The highest BCUT2D eigenvalue weighted by Gasteiger charge is 2.27. The van der Waals surface area contributed by atoms with Crippen LogP contribution in [0.5, 0.6) is 0 Å². The number of aliphatic imine (C=N–C) groups is 1. The first-order valence-corrected chi connectivity index (χ1v) is 7.22. The van der Waals surface area contributed by atoms with Gasteiger partial charge in [0.15, 0.2) is 0 Å². The quantitative estimate of drug-likeness (QED) is 0.638. The number of carbonyl (C=O) groups is 1. The molecule has 3 aromatic carbocycles. The molecule has 0 saturated heterocycles. The molecule has 104 valence electrons. The lowest BCUT2D eigenvalue weighted by Crippen LogP contribution is -2.22. The third-order valence-electron chi connectivity index (χ3n) is 3.86. The first kappa shape index (κ1) is 12.7. The summed E-state index contributed by atoms with van der Waals surface area (Å²) in [5.74, 6) is -0.0156. The number of carbonyl (C=O) groups excluding carboxylic acids is 1. The molecular formula is C20H13NO. The lowest BCUT2D eigenvalue weighted by Gasteiger charge is -2.20. The molecule has 0 unspecified atom stereocenters. The fourth-order valence-electron chi connectivity index (χ4n) is 2.83. The van der Waals surface area contributed by atoms with Crippen molar-refractivity contribution in [1.29, 1.82) is 0 Å². The molecule has 0 radical (unpaired) electrons. The van der Waals surface area contributed by atoms with Gasteiger partial charge in [-0.3, -0.25) is 4.79 Å². The molecule has 2 heteroatoms. The van der Waals surface area contributed by atoms with Crippen molar-refractivity contribution in [1.82, 2.24) is 0 Å². The molecule has 1 aliphatic carbocycles. The van der Waals surface area contributed by atoms with Crippen LogP contribution in [0, 0.1) is 0 Å². The molecule has 22 heavy (non-hydrogen) atoms. The van der Waals surface area contributed by atoms with E-state index in [0.29, 0.717) is 5.71 Å². The van der Waals surface area contributed by atoms with E-state index in [-0.39, 0.29) is 5.78 Å². The van der Waals surface area contributed by atoms with Crippen LogP contribution in [0.4, 0.5) is 5.69 Å². The molecule has 1 aliphatic rings. The Morgan fingerprint density at radius 1 is 0.545 bits per heavy atom. The number of nitrogens with zero attached hydrogens (tertiary/aromatic N) is 1. The van der Waals surface area contributed by atoms with E-state index < -0.39 is 0 Å². The molecule has 0 N–H and O–H groups in total. The molecule has 0 amide bonds. The Balaban J connectivity index is 1.99. The monoisotopic (exact) mass is 283 g/mol. The van der Waals surface area contributed by atoms with Crippen LogP contribution in [0.1, 0.15) is 15.9 Å². The second-order valence-corrected chi connectivity index (χ2v) is 5.22. The molecule has 0 fully saturated rings. The second kappa shape index (κ2) is 5.08. The molecule has 4 rings (SSSR count). The van der Waals surface area contributed by atoms with Gasteiger partial charge in [0.1, 0.15) is 5.71 Å². The molecule has 0 heterocycles. The van der Waals surface area contributed by atoms with Gasteiger partial charge >= 0.3 is 0 Å². The largest absolute Gasteiger partial charge is 0.287 e. The predicted octanol–water partition coefficient (Wildman–Crippen LogP) is 4.67. The number of Topliss-reactive ketones (excluding diaryl/α,β-unsaturated/α-hetero) is 1. The van der Waals surface area contributed by atoms with E-state index >= 15 is 0 Å². The Labute approximate surface area is 128 Å². The van der Waals surface area contributed by atoms with Gasteiger partial charge < -0.3 is 0 Å². The summed E-state index contributed by atoms with van der Waals surface area (Å²) in [6.07, 6.45) is 0. The smallest absolute Gasteiger partial charge is 0.212 e. The van der Waals surface area contributed by atoms with Crippen LogP contribution in [0.25, 0.3) is 11.1 Å². The molecule has 2 nitrogen and oxygen atoms in total. The molecule has 0 bridgehead atoms. The number of hydrogen-bond acceptors (Lipinski definition) is 2. The minimum atomic E-state index is -0.0156. The maximum atomic E-state index is 12.9. The van der Waals surface area contributed by atoms with E-state index in [9.17, 15) is 4.79 Å². The van der Waals surface area contributed by atoms with Gasteiger partial charge in [-0.1, -0.05) is 66.7 Å². The molecule has 0 spiro atoms. The van der Waals surface area contributed by atoms with Crippen LogP contribution in [0.3, 0.4) is 0 Å². The average molecular weight is 283 g/mol. The van der Waals surface area contributed by atoms with Crippen molar-refractivity contribution in [3.8, 4) is 11.1 Å². The maximum Gasteiger partial charge on any atom is 0.212 e. The first-order chi connectivity index (χ1) is 10.8. The lowest BCUT2D eigenvalue weighted by atomic mass is 9.83. The standard InChI is InChI=1S/C20H13NO/c22-20-18-13-7-5-11-16(18)15-10-4-6-12-17(15)19(20)21-14-8-2-1-3-9-14/h1-13H. The Morgan fingerprint density at radius 2 is 1.05 bits per heavy atom.